The van der Waals surface area contributed by atoms with Crippen LogP contribution in [-0.4, -0.2) is 79.4 Å². The van der Waals surface area contributed by atoms with Crippen molar-refractivity contribution in [1.82, 2.24) is 20.4 Å². The third-order valence-electron chi connectivity index (χ3n) is 6.38. The maximum Gasteiger partial charge on any atom is 0.249 e. The van der Waals surface area contributed by atoms with Gasteiger partial charge in [0.15, 0.2) is 0 Å². The van der Waals surface area contributed by atoms with Gasteiger partial charge in [0.05, 0.1) is 6.54 Å². The Balaban J connectivity index is 1.25. The second kappa shape index (κ2) is 9.57. The van der Waals surface area contributed by atoms with Crippen molar-refractivity contribution < 1.29 is 14.4 Å². The molecule has 0 aromatic heterocycles. The van der Waals surface area contributed by atoms with Gasteiger partial charge in [-0.05, 0) is 42.9 Å². The fourth-order valence-electron chi connectivity index (χ4n) is 4.51. The summed E-state index contributed by atoms with van der Waals surface area (Å²) in [7, 11) is 0. The van der Waals surface area contributed by atoms with Crippen molar-refractivity contribution in [2.24, 2.45) is 0 Å². The Hall–Kier alpha value is -2.45. The van der Waals surface area contributed by atoms with Crippen LogP contribution in [0.4, 0.5) is 5.69 Å². The summed E-state index contributed by atoms with van der Waals surface area (Å²) in [6.07, 6.45) is 2.85. The van der Waals surface area contributed by atoms with E-state index in [2.05, 4.69) is 33.0 Å². The van der Waals surface area contributed by atoms with Gasteiger partial charge in [-0.1, -0.05) is 12.1 Å². The highest BCUT2D eigenvalue weighted by atomic mass is 16.2. The minimum atomic E-state index is -0.363. The lowest BCUT2D eigenvalue weighted by molar-refractivity contribution is -0.134. The number of anilines is 1. The highest BCUT2D eigenvalue weighted by Crippen LogP contribution is 2.29. The third kappa shape index (κ3) is 5.17. The predicted octanol–water partition coefficient (Wildman–Crippen LogP) is 0.515. The molecule has 1 aromatic carbocycles. The minimum Gasteiger partial charge on any atom is -0.374 e. The molecule has 3 N–H and O–H groups in total. The smallest absolute Gasteiger partial charge is 0.249 e. The summed E-state index contributed by atoms with van der Waals surface area (Å²) >= 11 is 0. The van der Waals surface area contributed by atoms with Gasteiger partial charge in [-0.15, -0.1) is 0 Å². The largest absolute Gasteiger partial charge is 0.374 e. The summed E-state index contributed by atoms with van der Waals surface area (Å²) < 4.78 is 0. The zero-order chi connectivity index (χ0) is 20.9. The summed E-state index contributed by atoms with van der Waals surface area (Å²) in [4.78, 5) is 40.0. The fourth-order valence-corrected chi connectivity index (χ4v) is 4.51. The van der Waals surface area contributed by atoms with E-state index in [-0.39, 0.29) is 23.8 Å². The Kier molecular flexibility index (Phi) is 6.64. The van der Waals surface area contributed by atoms with Crippen LogP contribution in [0.5, 0.6) is 0 Å². The zero-order valence-corrected chi connectivity index (χ0v) is 17.4. The van der Waals surface area contributed by atoms with Crippen molar-refractivity contribution in [3.63, 3.8) is 0 Å². The first-order valence-electron chi connectivity index (χ1n) is 11.0. The summed E-state index contributed by atoms with van der Waals surface area (Å²) in [5, 5.41) is 8.91. The van der Waals surface area contributed by atoms with Gasteiger partial charge in [0.1, 0.15) is 6.04 Å². The third-order valence-corrected chi connectivity index (χ3v) is 6.38. The first kappa shape index (κ1) is 20.8. The van der Waals surface area contributed by atoms with E-state index in [1.54, 1.807) is 0 Å². The van der Waals surface area contributed by atoms with Crippen LogP contribution in [0.15, 0.2) is 24.3 Å². The maximum atomic E-state index is 12.6. The normalized spacial score (nSPS) is 23.9. The number of carbonyl (C=O) groups is 3. The number of hydrogen-bond acceptors (Lipinski definition) is 6. The fraction of sp³-hybridized carbons (Fsp3) is 0.591. The van der Waals surface area contributed by atoms with Gasteiger partial charge >= 0.3 is 0 Å². The van der Waals surface area contributed by atoms with Crippen LogP contribution < -0.4 is 16.0 Å². The van der Waals surface area contributed by atoms with Gasteiger partial charge < -0.3 is 15.5 Å². The number of amides is 3. The van der Waals surface area contributed by atoms with Gasteiger partial charge in [0.2, 0.25) is 17.7 Å². The molecule has 0 radical (unpaired) electrons. The van der Waals surface area contributed by atoms with Crippen molar-refractivity contribution >= 4 is 23.4 Å². The van der Waals surface area contributed by atoms with E-state index < -0.39 is 0 Å². The maximum absolute atomic E-state index is 12.6. The lowest BCUT2D eigenvalue weighted by Gasteiger charge is -2.34. The molecule has 1 atom stereocenters. The summed E-state index contributed by atoms with van der Waals surface area (Å²) in [5.41, 5.74) is 2.16. The molecule has 0 aliphatic carbocycles. The molecule has 3 heterocycles. The van der Waals surface area contributed by atoms with E-state index in [4.69, 9.17) is 0 Å². The number of likely N-dealkylation sites (tertiary alicyclic amines) is 1. The van der Waals surface area contributed by atoms with Crippen LogP contribution >= 0.6 is 0 Å². The van der Waals surface area contributed by atoms with Crippen molar-refractivity contribution in [3.8, 4) is 0 Å². The Morgan fingerprint density at radius 2 is 1.70 bits per heavy atom. The molecule has 0 saturated carbocycles. The highest BCUT2D eigenvalue weighted by Gasteiger charge is 2.27. The van der Waals surface area contributed by atoms with Gasteiger partial charge in [-0.3, -0.25) is 24.6 Å². The average molecular weight is 414 g/mol. The average Bonchev–Trinajstić information content (AvgIpc) is 2.77. The van der Waals surface area contributed by atoms with Crippen LogP contribution in [0.25, 0.3) is 0 Å². The minimum absolute atomic E-state index is 0.203. The molecule has 162 valence electrons. The molecule has 1 aromatic rings. The predicted molar refractivity (Wildman–Crippen MR) is 114 cm³/mol. The SMILES string of the molecule is O=C1CCC(Nc2ccc(C3CCN(C(=O)CN4CCNCC4)CC3)cc2)C(=O)N1. The molecule has 8 nitrogen and oxygen atoms in total. The summed E-state index contributed by atoms with van der Waals surface area (Å²) in [5.74, 6) is 0.247. The number of carbonyl (C=O) groups excluding carboxylic acids is 3. The van der Waals surface area contributed by atoms with E-state index in [0.717, 1.165) is 57.8 Å². The Morgan fingerprint density at radius 3 is 2.37 bits per heavy atom. The van der Waals surface area contributed by atoms with Gasteiger partial charge in [-0.2, -0.15) is 0 Å². The van der Waals surface area contributed by atoms with Crippen LogP contribution in [-0.2, 0) is 14.4 Å². The summed E-state index contributed by atoms with van der Waals surface area (Å²) in [6, 6.07) is 7.86. The molecule has 1 unspecified atom stereocenters. The molecule has 8 heteroatoms. The van der Waals surface area contributed by atoms with E-state index in [9.17, 15) is 14.4 Å². The Bertz CT molecular complexity index is 767. The van der Waals surface area contributed by atoms with E-state index in [0.29, 0.717) is 25.3 Å². The number of imide groups is 1. The molecule has 0 bridgehead atoms. The molecule has 3 amide bonds. The van der Waals surface area contributed by atoms with E-state index >= 15 is 0 Å². The van der Waals surface area contributed by atoms with E-state index in [1.807, 2.05) is 17.0 Å². The first-order chi connectivity index (χ1) is 14.6. The molecule has 30 heavy (non-hydrogen) atoms. The molecule has 0 spiro atoms. The van der Waals surface area contributed by atoms with E-state index in [1.165, 1.54) is 5.56 Å². The lowest BCUT2D eigenvalue weighted by Crippen LogP contribution is -2.49. The van der Waals surface area contributed by atoms with Gasteiger partial charge in [-0.25, -0.2) is 0 Å². The molecular formula is C22H31N5O3. The monoisotopic (exact) mass is 413 g/mol. The lowest BCUT2D eigenvalue weighted by atomic mass is 9.89. The zero-order valence-electron chi connectivity index (χ0n) is 17.4. The number of piperidine rings is 2. The standard InChI is InChI=1S/C22H31N5O3/c28-20-6-5-19(22(30)25-20)24-18-3-1-16(2-4-18)17-7-11-27(12-8-17)21(29)15-26-13-9-23-10-14-26/h1-4,17,19,23-24H,5-15H2,(H,25,28,30). The van der Waals surface area contributed by atoms with Crippen LogP contribution in [0.1, 0.15) is 37.2 Å². The van der Waals surface area contributed by atoms with Gasteiger partial charge in [0.25, 0.3) is 0 Å². The number of piperazine rings is 1. The van der Waals surface area contributed by atoms with Crippen molar-refractivity contribution in [3.05, 3.63) is 29.8 Å². The first-order valence-corrected chi connectivity index (χ1v) is 11.0. The molecule has 3 fully saturated rings. The quantitative estimate of drug-likeness (QED) is 0.610. The van der Waals surface area contributed by atoms with Crippen LogP contribution in [0, 0.1) is 0 Å². The molecule has 3 saturated heterocycles. The molecule has 3 aliphatic heterocycles. The number of benzene rings is 1. The molecule has 3 aliphatic rings. The number of nitrogens with one attached hydrogen (secondary N) is 3. The Morgan fingerprint density at radius 1 is 1.00 bits per heavy atom. The van der Waals surface area contributed by atoms with Crippen molar-refractivity contribution in [2.75, 3.05) is 51.1 Å². The number of nitrogens with zero attached hydrogens (tertiary/aromatic N) is 2. The van der Waals surface area contributed by atoms with Gasteiger partial charge in [0, 0.05) is 51.4 Å². The van der Waals surface area contributed by atoms with Crippen molar-refractivity contribution in [2.45, 2.75) is 37.6 Å². The van der Waals surface area contributed by atoms with Crippen molar-refractivity contribution in [1.29, 1.82) is 0 Å². The number of rotatable bonds is 5. The molecule has 4 rings (SSSR count). The van der Waals surface area contributed by atoms with Crippen LogP contribution in [0.2, 0.25) is 0 Å². The van der Waals surface area contributed by atoms with Crippen LogP contribution in [0.3, 0.4) is 0 Å². The Labute approximate surface area is 177 Å². The number of hydrogen-bond donors (Lipinski definition) is 3. The highest BCUT2D eigenvalue weighted by molar-refractivity contribution is 6.01. The second-order valence-corrected chi connectivity index (χ2v) is 8.45. The topological polar surface area (TPSA) is 93.8 Å². The molecular weight excluding hydrogens is 382 g/mol. The second-order valence-electron chi connectivity index (χ2n) is 8.45. The summed E-state index contributed by atoms with van der Waals surface area (Å²) in [6.45, 7) is 5.97.